The summed E-state index contributed by atoms with van der Waals surface area (Å²) in [5, 5.41) is 0.693. The average molecular weight is 466 g/mol. The number of aryl methyl sites for hydroxylation is 1. The number of carbonyl (C=O) groups excluding carboxylic acids is 1. The number of carbonyl (C=O) groups is 1. The van der Waals surface area contributed by atoms with Crippen molar-refractivity contribution in [3.63, 3.8) is 0 Å². The van der Waals surface area contributed by atoms with Gasteiger partial charge in [0.2, 0.25) is 10.0 Å². The van der Waals surface area contributed by atoms with Crippen LogP contribution in [0.5, 0.6) is 5.75 Å². The normalized spacial score (nSPS) is 14.7. The summed E-state index contributed by atoms with van der Waals surface area (Å²) in [4.78, 5) is 16.7. The van der Waals surface area contributed by atoms with E-state index in [-0.39, 0.29) is 23.5 Å². The van der Waals surface area contributed by atoms with Crippen molar-refractivity contribution >= 4 is 33.2 Å². The van der Waals surface area contributed by atoms with E-state index < -0.39 is 10.0 Å². The van der Waals surface area contributed by atoms with Crippen molar-refractivity contribution in [3.05, 3.63) is 53.1 Å². The van der Waals surface area contributed by atoms with E-state index in [1.807, 2.05) is 24.3 Å². The molecular formula is C22H28ClN3O4S. The summed E-state index contributed by atoms with van der Waals surface area (Å²) in [7, 11) is -3.57. The van der Waals surface area contributed by atoms with Crippen LogP contribution < -0.4 is 14.4 Å². The molecule has 0 bridgehead atoms. The molecule has 2 aromatic carbocycles. The fraction of sp³-hybridized carbons (Fsp3) is 0.409. The zero-order chi connectivity index (χ0) is 22.6. The molecule has 0 saturated carbocycles. The minimum absolute atomic E-state index is 0.0889. The molecule has 1 aliphatic rings. The number of hydrogen-bond acceptors (Lipinski definition) is 5. The second-order valence-electron chi connectivity index (χ2n) is 7.84. The lowest BCUT2D eigenvalue weighted by molar-refractivity contribution is -0.133. The smallest absolute Gasteiger partial charge is 0.260 e. The lowest BCUT2D eigenvalue weighted by atomic mass is 10.2. The standard InChI is InChI=1S/C22H28ClN3O4S/c1-16(2)24-31(28,29)20-7-8-21(17(3)13-20)30-15-22(27)26-11-9-25(10-12-26)19-6-4-5-18(23)14-19/h4-8,13-14,16,24H,9-12,15H2,1-3H3. The van der Waals surface area contributed by atoms with Crippen LogP contribution in [0.1, 0.15) is 19.4 Å². The number of amides is 1. The van der Waals surface area contributed by atoms with Crippen molar-refractivity contribution in [1.29, 1.82) is 0 Å². The van der Waals surface area contributed by atoms with Gasteiger partial charge in [0, 0.05) is 42.9 Å². The molecule has 0 spiro atoms. The molecule has 2 aromatic rings. The molecule has 1 saturated heterocycles. The Morgan fingerprint density at radius 2 is 1.84 bits per heavy atom. The van der Waals surface area contributed by atoms with Crippen molar-refractivity contribution < 1.29 is 17.9 Å². The van der Waals surface area contributed by atoms with E-state index in [0.717, 1.165) is 18.8 Å². The SMILES string of the molecule is Cc1cc(S(=O)(=O)NC(C)C)ccc1OCC(=O)N1CCN(c2cccc(Cl)c2)CC1. The molecule has 9 heteroatoms. The van der Waals surface area contributed by atoms with E-state index in [1.165, 1.54) is 6.07 Å². The van der Waals surface area contributed by atoms with Crippen LogP contribution in [-0.2, 0) is 14.8 Å². The molecule has 31 heavy (non-hydrogen) atoms. The molecule has 0 radical (unpaired) electrons. The summed E-state index contributed by atoms with van der Waals surface area (Å²) in [5.74, 6) is 0.401. The molecule has 168 valence electrons. The van der Waals surface area contributed by atoms with Crippen molar-refractivity contribution in [2.45, 2.75) is 31.7 Å². The molecule has 1 aliphatic heterocycles. The highest BCUT2D eigenvalue weighted by Crippen LogP contribution is 2.23. The van der Waals surface area contributed by atoms with Crippen molar-refractivity contribution in [1.82, 2.24) is 9.62 Å². The fourth-order valence-electron chi connectivity index (χ4n) is 3.45. The summed E-state index contributed by atoms with van der Waals surface area (Å²) in [6.45, 7) is 7.86. The molecule has 1 amide bonds. The van der Waals surface area contributed by atoms with E-state index in [4.69, 9.17) is 16.3 Å². The molecule has 0 unspecified atom stereocenters. The maximum absolute atomic E-state index is 12.6. The van der Waals surface area contributed by atoms with Crippen LogP contribution in [0.15, 0.2) is 47.4 Å². The van der Waals surface area contributed by atoms with Crippen molar-refractivity contribution in [2.75, 3.05) is 37.7 Å². The third-order valence-corrected chi connectivity index (χ3v) is 6.90. The number of nitrogens with zero attached hydrogens (tertiary/aromatic N) is 2. The van der Waals surface area contributed by atoms with Gasteiger partial charge in [-0.2, -0.15) is 0 Å². The van der Waals surface area contributed by atoms with Gasteiger partial charge < -0.3 is 14.5 Å². The molecule has 0 aromatic heterocycles. The molecule has 0 atom stereocenters. The van der Waals surface area contributed by atoms with Crippen LogP contribution in [-0.4, -0.2) is 58.1 Å². The Bertz CT molecular complexity index is 1030. The molecule has 0 aliphatic carbocycles. The number of halogens is 1. The number of rotatable bonds is 7. The average Bonchev–Trinajstić information content (AvgIpc) is 2.72. The molecule has 1 fully saturated rings. The number of hydrogen-bond donors (Lipinski definition) is 1. The lowest BCUT2D eigenvalue weighted by Crippen LogP contribution is -2.50. The summed E-state index contributed by atoms with van der Waals surface area (Å²) in [6, 6.07) is 12.1. The zero-order valence-corrected chi connectivity index (χ0v) is 19.5. The summed E-state index contributed by atoms with van der Waals surface area (Å²) < 4.78 is 32.8. The fourth-order valence-corrected chi connectivity index (χ4v) is 4.97. The topological polar surface area (TPSA) is 78.9 Å². The quantitative estimate of drug-likeness (QED) is 0.679. The predicted octanol–water partition coefficient (Wildman–Crippen LogP) is 3.06. The van der Waals surface area contributed by atoms with Crippen LogP contribution in [0, 0.1) is 6.92 Å². The van der Waals surface area contributed by atoms with Gasteiger partial charge in [0.05, 0.1) is 4.90 Å². The number of benzene rings is 2. The molecule has 1 N–H and O–H groups in total. The number of nitrogens with one attached hydrogen (secondary N) is 1. The maximum atomic E-state index is 12.6. The Balaban J connectivity index is 1.54. The Labute approximate surface area is 189 Å². The molecule has 7 nitrogen and oxygen atoms in total. The summed E-state index contributed by atoms with van der Waals surface area (Å²) >= 11 is 6.07. The van der Waals surface area contributed by atoms with Gasteiger partial charge in [-0.1, -0.05) is 17.7 Å². The number of piperazine rings is 1. The minimum atomic E-state index is -3.57. The predicted molar refractivity (Wildman–Crippen MR) is 122 cm³/mol. The summed E-state index contributed by atoms with van der Waals surface area (Å²) in [6.07, 6.45) is 0. The van der Waals surface area contributed by atoms with Gasteiger partial charge in [-0.3, -0.25) is 4.79 Å². The van der Waals surface area contributed by atoms with E-state index >= 15 is 0 Å². The van der Waals surface area contributed by atoms with Gasteiger partial charge in [0.1, 0.15) is 5.75 Å². The van der Waals surface area contributed by atoms with E-state index in [2.05, 4.69) is 9.62 Å². The highest BCUT2D eigenvalue weighted by Gasteiger charge is 2.22. The van der Waals surface area contributed by atoms with Gasteiger partial charge in [-0.05, 0) is 62.7 Å². The van der Waals surface area contributed by atoms with Gasteiger partial charge in [-0.25, -0.2) is 13.1 Å². The Hall–Kier alpha value is -2.29. The first-order chi connectivity index (χ1) is 14.7. The van der Waals surface area contributed by atoms with Gasteiger partial charge >= 0.3 is 0 Å². The third kappa shape index (κ3) is 6.12. The van der Waals surface area contributed by atoms with Gasteiger partial charge in [0.15, 0.2) is 6.61 Å². The van der Waals surface area contributed by atoms with Gasteiger partial charge in [0.25, 0.3) is 5.91 Å². The Kier molecular flexibility index (Phi) is 7.46. The van der Waals surface area contributed by atoms with E-state index in [9.17, 15) is 13.2 Å². The number of ether oxygens (including phenoxy) is 1. The molecule has 1 heterocycles. The van der Waals surface area contributed by atoms with Crippen molar-refractivity contribution in [2.24, 2.45) is 0 Å². The Morgan fingerprint density at radius 3 is 2.45 bits per heavy atom. The van der Waals surface area contributed by atoms with Crippen LogP contribution >= 0.6 is 11.6 Å². The zero-order valence-electron chi connectivity index (χ0n) is 18.0. The maximum Gasteiger partial charge on any atom is 0.260 e. The van der Waals surface area contributed by atoms with Crippen molar-refractivity contribution in [3.8, 4) is 5.75 Å². The van der Waals surface area contributed by atoms with Crippen LogP contribution in [0.25, 0.3) is 0 Å². The highest BCUT2D eigenvalue weighted by atomic mass is 35.5. The van der Waals surface area contributed by atoms with Crippen LogP contribution in [0.4, 0.5) is 5.69 Å². The number of anilines is 1. The first-order valence-corrected chi connectivity index (χ1v) is 12.1. The summed E-state index contributed by atoms with van der Waals surface area (Å²) in [5.41, 5.74) is 1.71. The van der Waals surface area contributed by atoms with Crippen LogP contribution in [0.3, 0.4) is 0 Å². The second kappa shape index (κ2) is 9.89. The Morgan fingerprint density at radius 1 is 1.13 bits per heavy atom. The first kappa shape index (κ1) is 23.4. The number of sulfonamides is 1. The second-order valence-corrected chi connectivity index (χ2v) is 9.99. The van der Waals surface area contributed by atoms with Crippen LogP contribution in [0.2, 0.25) is 5.02 Å². The van der Waals surface area contributed by atoms with Gasteiger partial charge in [-0.15, -0.1) is 0 Å². The van der Waals surface area contributed by atoms with E-state index in [1.54, 1.807) is 37.8 Å². The third-order valence-electron chi connectivity index (χ3n) is 5.00. The largest absolute Gasteiger partial charge is 0.483 e. The minimum Gasteiger partial charge on any atom is -0.483 e. The lowest BCUT2D eigenvalue weighted by Gasteiger charge is -2.36. The molecular weight excluding hydrogens is 438 g/mol. The van der Waals surface area contributed by atoms with E-state index in [0.29, 0.717) is 29.4 Å². The molecule has 3 rings (SSSR count). The highest BCUT2D eigenvalue weighted by molar-refractivity contribution is 7.89. The monoisotopic (exact) mass is 465 g/mol. The first-order valence-electron chi connectivity index (χ1n) is 10.2.